The van der Waals surface area contributed by atoms with Gasteiger partial charge >= 0.3 is 19.5 Å². The predicted molar refractivity (Wildman–Crippen MR) is 109 cm³/mol. The molecule has 0 aliphatic rings. The fourth-order valence-corrected chi connectivity index (χ4v) is 1.91. The number of hydrogen-bond acceptors (Lipinski definition) is 8. The van der Waals surface area contributed by atoms with E-state index in [1.807, 2.05) is 0 Å². The summed E-state index contributed by atoms with van der Waals surface area (Å²) >= 11 is 11.5. The summed E-state index contributed by atoms with van der Waals surface area (Å²) in [4.78, 5) is 17.8. The molecule has 6 N–H and O–H groups in total. The second kappa shape index (κ2) is 19.1. The molecule has 164 valence electrons. The van der Waals surface area contributed by atoms with Crippen molar-refractivity contribution in [2.75, 3.05) is 0 Å². The Bertz CT molecular complexity index is 802. The van der Waals surface area contributed by atoms with E-state index in [1.54, 1.807) is 48.5 Å². The van der Waals surface area contributed by atoms with Gasteiger partial charge in [-0.1, -0.05) is 57.8 Å². The number of rotatable bonds is 2. The van der Waals surface area contributed by atoms with E-state index in [0.717, 1.165) is 13.8 Å². The van der Waals surface area contributed by atoms with E-state index >= 15 is 0 Å². The summed E-state index contributed by atoms with van der Waals surface area (Å²) in [5.41, 5.74) is 11.7. The average Bonchev–Trinajstić information content (AvgIpc) is 2.67. The first kappa shape index (κ1) is 32.8. The van der Waals surface area contributed by atoms with Crippen molar-refractivity contribution in [1.29, 1.82) is 0 Å². The minimum absolute atomic E-state index is 0. The second-order valence-electron chi connectivity index (χ2n) is 4.91. The first-order chi connectivity index (χ1) is 14.0. The number of aliphatic carboxylic acids is 2. The van der Waals surface area contributed by atoms with Crippen molar-refractivity contribution in [3.8, 4) is 0 Å². The summed E-state index contributed by atoms with van der Waals surface area (Å²) in [6.45, 7) is 1.94. The summed E-state index contributed by atoms with van der Waals surface area (Å²) < 4.78 is 0. The minimum Gasteiger partial charge on any atom is -0.550 e. The van der Waals surface area contributed by atoms with Gasteiger partial charge in [-0.2, -0.15) is 0 Å². The zero-order chi connectivity index (χ0) is 23.7. The maximum atomic E-state index is 8.89. The molecule has 31 heavy (non-hydrogen) atoms. The van der Waals surface area contributed by atoms with Crippen LogP contribution in [0.25, 0.3) is 0 Å². The van der Waals surface area contributed by atoms with Crippen molar-refractivity contribution in [2.24, 2.45) is 21.8 Å². The number of hydrogen-bond donors (Lipinski definition) is 4. The number of benzene rings is 2. The Kier molecular flexibility index (Phi) is 20.2. The van der Waals surface area contributed by atoms with Gasteiger partial charge in [0.1, 0.15) is 0 Å². The Morgan fingerprint density at radius 2 is 1.00 bits per heavy atom. The summed E-state index contributed by atoms with van der Waals surface area (Å²) in [6, 6.07) is 13.8. The molecule has 2 aromatic carbocycles. The van der Waals surface area contributed by atoms with Gasteiger partial charge in [-0.25, -0.2) is 0 Å². The molecule has 0 heterocycles. The minimum atomic E-state index is -1.08. The number of amidine groups is 2. The summed E-state index contributed by atoms with van der Waals surface area (Å²) in [5, 5.41) is 41.0. The number of halogens is 2. The number of nitrogens with zero attached hydrogens (tertiary/aromatic N) is 2. The monoisotopic (exact) mass is 522 g/mol. The van der Waals surface area contributed by atoms with E-state index in [4.69, 9.17) is 64.9 Å². The third-order valence-electron chi connectivity index (χ3n) is 2.52. The van der Waals surface area contributed by atoms with Gasteiger partial charge in [-0.3, -0.25) is 0 Å². The van der Waals surface area contributed by atoms with Crippen LogP contribution in [0.3, 0.4) is 0 Å². The number of carbonyl (C=O) groups excluding carboxylic acids is 2. The van der Waals surface area contributed by atoms with Gasteiger partial charge in [-0.15, -0.1) is 0 Å². The molecule has 0 aliphatic carbocycles. The van der Waals surface area contributed by atoms with E-state index in [9.17, 15) is 0 Å². The molecule has 2 rings (SSSR count). The Morgan fingerprint density at radius 1 is 0.774 bits per heavy atom. The Balaban J connectivity index is -0.000000370. The van der Waals surface area contributed by atoms with Crippen LogP contribution in [0.2, 0.25) is 10.0 Å². The maximum Gasteiger partial charge on any atom is 2.00 e. The molecule has 0 fully saturated rings. The van der Waals surface area contributed by atoms with E-state index < -0.39 is 11.9 Å². The van der Waals surface area contributed by atoms with E-state index in [2.05, 4.69) is 10.3 Å². The molecule has 0 aliphatic heterocycles. The van der Waals surface area contributed by atoms with Crippen LogP contribution >= 0.6 is 23.2 Å². The fourth-order valence-electron chi connectivity index (χ4n) is 1.45. The molecule has 0 bridgehead atoms. The van der Waals surface area contributed by atoms with Crippen LogP contribution in [0.1, 0.15) is 25.0 Å². The maximum absolute atomic E-state index is 8.89. The zero-order valence-electron chi connectivity index (χ0n) is 16.7. The topological polar surface area (TPSA) is 197 Å². The molecule has 0 radical (unpaired) electrons. The van der Waals surface area contributed by atoms with Crippen LogP contribution < -0.4 is 21.7 Å². The van der Waals surface area contributed by atoms with E-state index in [1.165, 1.54) is 0 Å². The van der Waals surface area contributed by atoms with Gasteiger partial charge in [0.25, 0.3) is 0 Å². The number of carboxylic acid groups (broad SMARTS) is 2. The molecule has 13 heteroatoms. The first-order valence-corrected chi connectivity index (χ1v) is 8.53. The third kappa shape index (κ3) is 17.7. The quantitative estimate of drug-likeness (QED) is 0.142. The van der Waals surface area contributed by atoms with Crippen molar-refractivity contribution in [2.45, 2.75) is 13.8 Å². The van der Waals surface area contributed by atoms with Crippen molar-refractivity contribution >= 4 is 46.8 Å². The van der Waals surface area contributed by atoms with Crippen molar-refractivity contribution < 1.29 is 49.7 Å². The summed E-state index contributed by atoms with van der Waals surface area (Å²) in [7, 11) is 0. The summed E-state index contributed by atoms with van der Waals surface area (Å²) in [6.07, 6.45) is 0. The molecule has 0 atom stereocenters. The van der Waals surface area contributed by atoms with Crippen LogP contribution in [0.15, 0.2) is 58.8 Å². The van der Waals surface area contributed by atoms with Gasteiger partial charge in [0.2, 0.25) is 0 Å². The van der Waals surface area contributed by atoms with Crippen LogP contribution in [0.4, 0.5) is 0 Å². The fraction of sp³-hybridized carbons (Fsp3) is 0.111. The first-order valence-electron chi connectivity index (χ1n) is 7.77. The van der Waals surface area contributed by atoms with Crippen LogP contribution in [0.5, 0.6) is 0 Å². The smallest absolute Gasteiger partial charge is 0.550 e. The SMILES string of the molecule is CC(=O)[O-].CC(=O)[O-].N/C(=N\O)c1ccccc1Cl.N/C(=N\O)c1ccccc1Cl.[Zn+2]. The van der Waals surface area contributed by atoms with E-state index in [0.29, 0.717) is 21.2 Å². The Hall–Kier alpha value is -2.88. The molecule has 0 spiro atoms. The number of nitrogens with two attached hydrogens (primary N) is 2. The molecule has 0 unspecified atom stereocenters. The molecule has 0 aromatic heterocycles. The third-order valence-corrected chi connectivity index (χ3v) is 3.17. The molecular weight excluding hydrogens is 505 g/mol. The van der Waals surface area contributed by atoms with E-state index in [-0.39, 0.29) is 31.1 Å². The van der Waals surface area contributed by atoms with Crippen LogP contribution in [-0.4, -0.2) is 34.0 Å². The zero-order valence-corrected chi connectivity index (χ0v) is 21.1. The molecular formula is C18H20Cl2N4O6Zn. The van der Waals surface area contributed by atoms with Crippen LogP contribution in [0, 0.1) is 0 Å². The predicted octanol–water partition coefficient (Wildman–Crippen LogP) is 0.379. The van der Waals surface area contributed by atoms with Crippen molar-refractivity contribution in [3.05, 3.63) is 69.7 Å². The van der Waals surface area contributed by atoms with Gasteiger partial charge in [0.05, 0.1) is 10.0 Å². The largest absolute Gasteiger partial charge is 2.00 e. The average molecular weight is 525 g/mol. The Morgan fingerprint density at radius 3 is 1.19 bits per heavy atom. The normalized spacial score (nSPS) is 9.81. The summed E-state index contributed by atoms with van der Waals surface area (Å²) in [5.74, 6) is -2.12. The molecule has 0 saturated heterocycles. The van der Waals surface area contributed by atoms with Gasteiger partial charge in [-0.05, 0) is 38.1 Å². The number of carbonyl (C=O) groups is 2. The second-order valence-corrected chi connectivity index (χ2v) is 5.73. The standard InChI is InChI=1S/2C7H7ClN2O.2C2H4O2.Zn/c2*8-6-4-2-1-3-5(6)7(9)10-11;2*1-2(3)4;/h2*1-4,11H,(H2,9,10);2*1H3,(H,3,4);/q;;;;+2/p-2. The molecule has 10 nitrogen and oxygen atoms in total. The van der Waals surface area contributed by atoms with Crippen molar-refractivity contribution in [1.82, 2.24) is 0 Å². The van der Waals surface area contributed by atoms with Gasteiger partial charge < -0.3 is 41.7 Å². The molecule has 0 saturated carbocycles. The van der Waals surface area contributed by atoms with Crippen LogP contribution in [-0.2, 0) is 29.1 Å². The van der Waals surface area contributed by atoms with Gasteiger partial charge in [0.15, 0.2) is 11.7 Å². The van der Waals surface area contributed by atoms with Gasteiger partial charge in [0, 0.05) is 23.1 Å². The molecule has 2 aromatic rings. The number of oxime groups is 2. The Labute approximate surface area is 201 Å². The molecule has 0 amide bonds. The van der Waals surface area contributed by atoms with Crippen molar-refractivity contribution in [3.63, 3.8) is 0 Å². The number of carboxylic acids is 2.